The van der Waals surface area contributed by atoms with Crippen molar-refractivity contribution in [1.82, 2.24) is 9.97 Å². The lowest BCUT2D eigenvalue weighted by molar-refractivity contribution is 0.108. The van der Waals surface area contributed by atoms with Crippen LogP contribution in [0.5, 0.6) is 0 Å². The highest BCUT2D eigenvalue weighted by Gasteiger charge is 2.07. The number of pyridine rings is 2. The topological polar surface area (TPSA) is 42.9 Å². The van der Waals surface area contributed by atoms with Gasteiger partial charge in [-0.25, -0.2) is 4.98 Å². The highest BCUT2D eigenvalue weighted by molar-refractivity contribution is 8.14. The molecule has 2 aromatic rings. The minimum Gasteiger partial charge on any atom is -0.281 e. The summed E-state index contributed by atoms with van der Waals surface area (Å²) < 4.78 is 0. The summed E-state index contributed by atoms with van der Waals surface area (Å²) in [5.74, 6) is 0. The fourth-order valence-electron chi connectivity index (χ4n) is 1.04. The Labute approximate surface area is 91.6 Å². The van der Waals surface area contributed by atoms with Gasteiger partial charge < -0.3 is 0 Å². The van der Waals surface area contributed by atoms with Gasteiger partial charge >= 0.3 is 0 Å². The molecule has 3 nitrogen and oxygen atoms in total. The smallest absolute Gasteiger partial charge is 0.227 e. The molecule has 0 aromatic carbocycles. The molecule has 0 amide bonds. The summed E-state index contributed by atoms with van der Waals surface area (Å²) in [5.41, 5.74) is 0.591. The molecule has 0 N–H and O–H groups in total. The standard InChI is InChI=1S/C11H8N2OS/c14-11(9-4-3-6-12-8-9)15-10-5-1-2-7-13-10/h1-8H. The van der Waals surface area contributed by atoms with E-state index in [1.807, 2.05) is 12.1 Å². The van der Waals surface area contributed by atoms with Crippen molar-refractivity contribution in [3.8, 4) is 0 Å². The Hall–Kier alpha value is -1.68. The number of thioether (sulfide) groups is 1. The van der Waals surface area contributed by atoms with E-state index in [2.05, 4.69) is 9.97 Å². The molecule has 4 heteroatoms. The summed E-state index contributed by atoms with van der Waals surface area (Å²) in [6, 6.07) is 8.96. The Morgan fingerprint density at radius 2 is 2.07 bits per heavy atom. The number of aromatic nitrogens is 2. The molecule has 2 rings (SSSR count). The molecule has 74 valence electrons. The average molecular weight is 216 g/mol. The summed E-state index contributed by atoms with van der Waals surface area (Å²) >= 11 is 1.11. The van der Waals surface area contributed by atoms with Gasteiger partial charge in [-0.1, -0.05) is 6.07 Å². The third kappa shape index (κ3) is 2.63. The molecule has 0 saturated heterocycles. The molecule has 0 unspecified atom stereocenters. The number of nitrogens with zero attached hydrogens (tertiary/aromatic N) is 2. The lowest BCUT2D eigenvalue weighted by Crippen LogP contribution is -1.94. The Balaban J connectivity index is 2.12. The van der Waals surface area contributed by atoms with Gasteiger partial charge in [0.1, 0.15) is 5.03 Å². The van der Waals surface area contributed by atoms with Gasteiger partial charge in [0.05, 0.1) is 0 Å². The van der Waals surface area contributed by atoms with Crippen molar-refractivity contribution in [2.45, 2.75) is 5.03 Å². The van der Waals surface area contributed by atoms with E-state index in [1.54, 1.807) is 36.8 Å². The van der Waals surface area contributed by atoms with E-state index in [-0.39, 0.29) is 5.12 Å². The highest BCUT2D eigenvalue weighted by atomic mass is 32.2. The summed E-state index contributed by atoms with van der Waals surface area (Å²) in [5, 5.41) is 0.660. The van der Waals surface area contributed by atoms with E-state index in [9.17, 15) is 4.79 Å². The maximum Gasteiger partial charge on any atom is 0.227 e. The zero-order chi connectivity index (χ0) is 10.5. The second-order valence-electron chi connectivity index (χ2n) is 2.80. The van der Waals surface area contributed by atoms with Crippen molar-refractivity contribution < 1.29 is 4.79 Å². The summed E-state index contributed by atoms with van der Waals surface area (Å²) in [4.78, 5) is 19.7. The largest absolute Gasteiger partial charge is 0.281 e. The third-order valence-electron chi connectivity index (χ3n) is 1.73. The van der Waals surface area contributed by atoms with E-state index in [4.69, 9.17) is 0 Å². The minimum atomic E-state index is -0.0400. The second-order valence-corrected chi connectivity index (χ2v) is 3.79. The average Bonchev–Trinajstić information content (AvgIpc) is 2.31. The lowest BCUT2D eigenvalue weighted by atomic mass is 10.3. The minimum absolute atomic E-state index is 0.0400. The maximum atomic E-state index is 11.7. The van der Waals surface area contributed by atoms with Crippen molar-refractivity contribution in [2.24, 2.45) is 0 Å². The highest BCUT2D eigenvalue weighted by Crippen LogP contribution is 2.19. The molecule has 0 spiro atoms. The van der Waals surface area contributed by atoms with Gasteiger partial charge in [0.15, 0.2) is 0 Å². The van der Waals surface area contributed by atoms with Crippen LogP contribution in [0.1, 0.15) is 10.4 Å². The predicted octanol–water partition coefficient (Wildman–Crippen LogP) is 2.41. The molecule has 0 saturated carbocycles. The lowest BCUT2D eigenvalue weighted by Gasteiger charge is -1.98. The van der Waals surface area contributed by atoms with Crippen molar-refractivity contribution >= 4 is 16.9 Å². The monoisotopic (exact) mass is 216 g/mol. The van der Waals surface area contributed by atoms with Crippen molar-refractivity contribution in [3.05, 3.63) is 54.5 Å². The van der Waals surface area contributed by atoms with Crippen LogP contribution in [0.3, 0.4) is 0 Å². The van der Waals surface area contributed by atoms with Gasteiger partial charge in [-0.2, -0.15) is 0 Å². The Morgan fingerprint density at radius 3 is 2.73 bits per heavy atom. The van der Waals surface area contributed by atoms with Crippen LogP contribution in [-0.2, 0) is 0 Å². The van der Waals surface area contributed by atoms with Crippen LogP contribution in [0.15, 0.2) is 53.9 Å². The van der Waals surface area contributed by atoms with Crippen LogP contribution in [0.2, 0.25) is 0 Å². The Bertz CT molecular complexity index is 445. The summed E-state index contributed by atoms with van der Waals surface area (Å²) in [6.07, 6.45) is 4.86. The fourth-order valence-corrected chi connectivity index (χ4v) is 1.73. The first-order valence-electron chi connectivity index (χ1n) is 4.39. The first-order valence-corrected chi connectivity index (χ1v) is 5.21. The second kappa shape index (κ2) is 4.70. The third-order valence-corrected chi connectivity index (χ3v) is 2.60. The van der Waals surface area contributed by atoms with Crippen molar-refractivity contribution in [3.63, 3.8) is 0 Å². The van der Waals surface area contributed by atoms with Crippen molar-refractivity contribution in [2.75, 3.05) is 0 Å². The number of carbonyl (C=O) groups is 1. The van der Waals surface area contributed by atoms with E-state index in [0.717, 1.165) is 11.8 Å². The Morgan fingerprint density at radius 1 is 1.13 bits per heavy atom. The van der Waals surface area contributed by atoms with Gasteiger partial charge in [-0.15, -0.1) is 0 Å². The molecular formula is C11H8N2OS. The molecule has 0 aliphatic rings. The summed E-state index contributed by atoms with van der Waals surface area (Å²) in [6.45, 7) is 0. The Kier molecular flexibility index (Phi) is 3.09. The molecular weight excluding hydrogens is 208 g/mol. The molecule has 0 bridgehead atoms. The van der Waals surface area contributed by atoms with Crippen LogP contribution in [-0.4, -0.2) is 15.1 Å². The van der Waals surface area contributed by atoms with Gasteiger partial charge in [-0.3, -0.25) is 9.78 Å². The number of rotatable bonds is 2. The van der Waals surface area contributed by atoms with E-state index in [1.165, 1.54) is 0 Å². The maximum absolute atomic E-state index is 11.7. The zero-order valence-corrected chi connectivity index (χ0v) is 8.65. The van der Waals surface area contributed by atoms with Gasteiger partial charge in [0, 0.05) is 24.2 Å². The molecule has 2 aromatic heterocycles. The summed E-state index contributed by atoms with van der Waals surface area (Å²) in [7, 11) is 0. The molecule has 2 heterocycles. The predicted molar refractivity (Wildman–Crippen MR) is 58.7 cm³/mol. The van der Waals surface area contributed by atoms with Gasteiger partial charge in [0.25, 0.3) is 0 Å². The molecule has 0 radical (unpaired) electrons. The van der Waals surface area contributed by atoms with Gasteiger partial charge in [0.2, 0.25) is 5.12 Å². The fraction of sp³-hybridized carbons (Fsp3) is 0. The first-order chi connectivity index (χ1) is 7.36. The normalized spacial score (nSPS) is 9.87. The molecule has 0 aliphatic heterocycles. The van der Waals surface area contributed by atoms with E-state index < -0.39 is 0 Å². The number of hydrogen-bond acceptors (Lipinski definition) is 4. The number of carbonyl (C=O) groups excluding carboxylic acids is 1. The van der Waals surface area contributed by atoms with Gasteiger partial charge in [-0.05, 0) is 36.0 Å². The quantitative estimate of drug-likeness (QED) is 0.723. The van der Waals surface area contributed by atoms with Crippen LogP contribution in [0, 0.1) is 0 Å². The molecule has 0 atom stereocenters. The molecule has 0 aliphatic carbocycles. The first kappa shape index (κ1) is 9.86. The van der Waals surface area contributed by atoms with E-state index in [0.29, 0.717) is 10.6 Å². The van der Waals surface area contributed by atoms with E-state index >= 15 is 0 Å². The van der Waals surface area contributed by atoms with Crippen molar-refractivity contribution in [1.29, 1.82) is 0 Å². The van der Waals surface area contributed by atoms with Crippen LogP contribution in [0.4, 0.5) is 0 Å². The van der Waals surface area contributed by atoms with Crippen LogP contribution >= 0.6 is 11.8 Å². The SMILES string of the molecule is O=C(Sc1ccccn1)c1cccnc1. The number of hydrogen-bond donors (Lipinski definition) is 0. The van der Waals surface area contributed by atoms with Crippen LogP contribution < -0.4 is 0 Å². The molecule has 15 heavy (non-hydrogen) atoms. The molecule has 0 fully saturated rings. The van der Waals surface area contributed by atoms with Crippen LogP contribution in [0.25, 0.3) is 0 Å². The zero-order valence-electron chi connectivity index (χ0n) is 7.83.